The smallest absolute Gasteiger partial charge is 0.339 e. The highest BCUT2D eigenvalue weighted by Gasteiger charge is 2.27. The van der Waals surface area contributed by atoms with Gasteiger partial charge in [0, 0.05) is 6.26 Å². The van der Waals surface area contributed by atoms with Crippen LogP contribution in [0.4, 0.5) is 0 Å². The van der Waals surface area contributed by atoms with Crippen LogP contribution >= 0.6 is 11.6 Å². The van der Waals surface area contributed by atoms with Gasteiger partial charge in [-0.1, -0.05) is 11.6 Å². The number of carbonyl (C=O) groups excluding carboxylic acids is 2. The molecule has 0 bridgehead atoms. The molecule has 0 aliphatic rings. The molecule has 19 heavy (non-hydrogen) atoms. The SMILES string of the molecule is COC(=O)c1cc(C)c(S(C)(=O)=O)c(C(C)=O)c1Cl. The zero-order valence-electron chi connectivity index (χ0n) is 10.9. The first-order valence-electron chi connectivity index (χ1n) is 5.23. The van der Waals surface area contributed by atoms with E-state index < -0.39 is 21.6 Å². The molecule has 0 heterocycles. The van der Waals surface area contributed by atoms with E-state index in [0.717, 1.165) is 6.26 Å². The maximum absolute atomic E-state index is 11.8. The molecule has 0 saturated heterocycles. The molecule has 104 valence electrons. The molecular formula is C12H13ClO5S. The first-order chi connectivity index (χ1) is 8.61. The number of sulfone groups is 1. The van der Waals surface area contributed by atoms with Crippen molar-refractivity contribution in [3.63, 3.8) is 0 Å². The van der Waals surface area contributed by atoms with E-state index in [9.17, 15) is 18.0 Å². The number of esters is 1. The predicted molar refractivity (Wildman–Crippen MR) is 70.6 cm³/mol. The molecule has 0 spiro atoms. The molecule has 0 atom stereocenters. The van der Waals surface area contributed by atoms with E-state index >= 15 is 0 Å². The third-order valence-corrected chi connectivity index (χ3v) is 4.19. The van der Waals surface area contributed by atoms with Crippen molar-refractivity contribution >= 4 is 33.2 Å². The fourth-order valence-electron chi connectivity index (χ4n) is 1.83. The highest BCUT2D eigenvalue weighted by Crippen LogP contribution is 2.31. The van der Waals surface area contributed by atoms with Gasteiger partial charge in [0.15, 0.2) is 15.6 Å². The van der Waals surface area contributed by atoms with Gasteiger partial charge in [-0.25, -0.2) is 13.2 Å². The van der Waals surface area contributed by atoms with Crippen LogP contribution in [0.2, 0.25) is 5.02 Å². The first-order valence-corrected chi connectivity index (χ1v) is 7.50. The minimum Gasteiger partial charge on any atom is -0.465 e. The standard InChI is InChI=1S/C12H13ClO5S/c1-6-5-8(12(15)18-3)10(13)9(7(2)14)11(6)19(4,16)17/h5H,1-4H3. The maximum Gasteiger partial charge on any atom is 0.339 e. The second-order valence-electron chi connectivity index (χ2n) is 4.08. The van der Waals surface area contributed by atoms with Gasteiger partial charge in [0.25, 0.3) is 0 Å². The lowest BCUT2D eigenvalue weighted by molar-refractivity contribution is 0.0600. The molecule has 1 aromatic rings. The summed E-state index contributed by atoms with van der Waals surface area (Å²) in [6, 6.07) is 1.30. The summed E-state index contributed by atoms with van der Waals surface area (Å²) in [7, 11) is -2.47. The van der Waals surface area contributed by atoms with Crippen LogP contribution in [0.15, 0.2) is 11.0 Å². The van der Waals surface area contributed by atoms with Gasteiger partial charge in [0.2, 0.25) is 0 Å². The molecule has 0 N–H and O–H groups in total. The topological polar surface area (TPSA) is 77.5 Å². The van der Waals surface area contributed by atoms with Crippen LogP contribution in [-0.4, -0.2) is 33.5 Å². The fourth-order valence-corrected chi connectivity index (χ4v) is 3.50. The zero-order chi connectivity index (χ0) is 15.0. The first kappa shape index (κ1) is 15.7. The monoisotopic (exact) mass is 304 g/mol. The zero-order valence-corrected chi connectivity index (χ0v) is 12.5. The summed E-state index contributed by atoms with van der Waals surface area (Å²) in [6.07, 6.45) is 0.982. The highest BCUT2D eigenvalue weighted by atomic mass is 35.5. The van der Waals surface area contributed by atoms with E-state index in [1.165, 1.54) is 27.0 Å². The Morgan fingerprint density at radius 2 is 1.84 bits per heavy atom. The van der Waals surface area contributed by atoms with Gasteiger partial charge in [-0.3, -0.25) is 4.79 Å². The summed E-state index contributed by atoms with van der Waals surface area (Å²) < 4.78 is 28.1. The Labute approximate surface area is 116 Å². The summed E-state index contributed by atoms with van der Waals surface area (Å²) in [6.45, 7) is 2.68. The Kier molecular flexibility index (Phi) is 4.37. The number of ketones is 1. The summed E-state index contributed by atoms with van der Waals surface area (Å²) in [5.41, 5.74) is 0.0707. The number of Topliss-reactive ketones (excluding diaryl/α,β-unsaturated/α-hetero) is 1. The van der Waals surface area contributed by atoms with Crippen molar-refractivity contribution in [2.45, 2.75) is 18.7 Å². The van der Waals surface area contributed by atoms with Gasteiger partial charge in [-0.15, -0.1) is 0 Å². The van der Waals surface area contributed by atoms with Crippen molar-refractivity contribution in [1.29, 1.82) is 0 Å². The predicted octanol–water partition coefficient (Wildman–Crippen LogP) is 2.04. The Morgan fingerprint density at radius 3 is 2.21 bits per heavy atom. The molecule has 0 saturated carbocycles. The van der Waals surface area contributed by atoms with Crippen LogP contribution in [0.1, 0.15) is 33.2 Å². The van der Waals surface area contributed by atoms with Gasteiger partial charge in [-0.05, 0) is 25.5 Å². The average Bonchev–Trinajstić information content (AvgIpc) is 2.28. The quantitative estimate of drug-likeness (QED) is 0.631. The second-order valence-corrected chi connectivity index (χ2v) is 6.41. The lowest BCUT2D eigenvalue weighted by atomic mass is 10.0. The molecular weight excluding hydrogens is 292 g/mol. The Bertz CT molecular complexity index is 661. The molecule has 0 amide bonds. The lowest BCUT2D eigenvalue weighted by Gasteiger charge is -2.13. The number of aryl methyl sites for hydroxylation is 1. The molecule has 0 radical (unpaired) electrons. The van der Waals surface area contributed by atoms with Gasteiger partial charge in [-0.2, -0.15) is 0 Å². The molecule has 5 nitrogen and oxygen atoms in total. The van der Waals surface area contributed by atoms with Gasteiger partial charge >= 0.3 is 5.97 Å². The van der Waals surface area contributed by atoms with Crippen molar-refractivity contribution < 1.29 is 22.7 Å². The van der Waals surface area contributed by atoms with Gasteiger partial charge < -0.3 is 4.74 Å². The number of methoxy groups -OCH3 is 1. The third-order valence-electron chi connectivity index (χ3n) is 2.53. The minimum atomic E-state index is -3.64. The van der Waals surface area contributed by atoms with Crippen LogP contribution in [-0.2, 0) is 14.6 Å². The van der Waals surface area contributed by atoms with E-state index in [1.807, 2.05) is 0 Å². The Balaban J connectivity index is 3.86. The van der Waals surface area contributed by atoms with Crippen LogP contribution in [0.3, 0.4) is 0 Å². The van der Waals surface area contributed by atoms with E-state index in [0.29, 0.717) is 0 Å². The van der Waals surface area contributed by atoms with Crippen molar-refractivity contribution in [2.75, 3.05) is 13.4 Å². The maximum atomic E-state index is 11.8. The van der Waals surface area contributed by atoms with Crippen molar-refractivity contribution in [3.8, 4) is 0 Å². The van der Waals surface area contributed by atoms with E-state index in [1.54, 1.807) is 0 Å². The van der Waals surface area contributed by atoms with E-state index in [-0.39, 0.29) is 26.6 Å². The number of halogens is 1. The van der Waals surface area contributed by atoms with Crippen molar-refractivity contribution in [2.24, 2.45) is 0 Å². The lowest BCUT2D eigenvalue weighted by Crippen LogP contribution is -2.13. The Morgan fingerprint density at radius 1 is 1.32 bits per heavy atom. The summed E-state index contributed by atoms with van der Waals surface area (Å²) in [4.78, 5) is 23.0. The van der Waals surface area contributed by atoms with Gasteiger partial charge in [0.1, 0.15) is 0 Å². The second kappa shape index (κ2) is 5.30. The molecule has 1 rings (SSSR count). The number of carbonyl (C=O) groups is 2. The number of rotatable bonds is 3. The normalized spacial score (nSPS) is 11.2. The summed E-state index contributed by atoms with van der Waals surface area (Å²) >= 11 is 5.97. The van der Waals surface area contributed by atoms with E-state index in [2.05, 4.69) is 4.74 Å². The summed E-state index contributed by atoms with van der Waals surface area (Å²) in [5, 5.41) is -0.203. The molecule has 7 heteroatoms. The number of hydrogen-bond donors (Lipinski definition) is 0. The molecule has 0 aliphatic carbocycles. The molecule has 0 fully saturated rings. The molecule has 0 aliphatic heterocycles. The third kappa shape index (κ3) is 2.96. The number of hydrogen-bond acceptors (Lipinski definition) is 5. The fraction of sp³-hybridized carbons (Fsp3) is 0.333. The number of ether oxygens (including phenoxy) is 1. The van der Waals surface area contributed by atoms with Gasteiger partial charge in [0.05, 0.1) is 28.2 Å². The average molecular weight is 305 g/mol. The van der Waals surface area contributed by atoms with Crippen LogP contribution < -0.4 is 0 Å². The minimum absolute atomic E-state index is 0.0285. The highest BCUT2D eigenvalue weighted by molar-refractivity contribution is 7.90. The van der Waals surface area contributed by atoms with Crippen molar-refractivity contribution in [3.05, 3.63) is 27.8 Å². The Hall–Kier alpha value is -1.40. The van der Waals surface area contributed by atoms with Crippen LogP contribution in [0, 0.1) is 6.92 Å². The van der Waals surface area contributed by atoms with Crippen LogP contribution in [0.25, 0.3) is 0 Å². The van der Waals surface area contributed by atoms with Crippen molar-refractivity contribution in [1.82, 2.24) is 0 Å². The number of benzene rings is 1. The van der Waals surface area contributed by atoms with E-state index in [4.69, 9.17) is 11.6 Å². The summed E-state index contributed by atoms with van der Waals surface area (Å²) in [5.74, 6) is -1.25. The molecule has 0 aromatic heterocycles. The van der Waals surface area contributed by atoms with Crippen LogP contribution in [0.5, 0.6) is 0 Å². The largest absolute Gasteiger partial charge is 0.465 e. The molecule has 1 aromatic carbocycles. The molecule has 0 unspecified atom stereocenters.